The number of nitrogens with two attached hydrogens (primary N) is 1. The number of hydrogen-bond donors (Lipinski definition) is 3. The van der Waals surface area contributed by atoms with Crippen molar-refractivity contribution in [1.82, 2.24) is 15.6 Å². The normalized spacial score (nSPS) is 10.9. The van der Waals surface area contributed by atoms with Gasteiger partial charge in [0.15, 0.2) is 5.96 Å². The van der Waals surface area contributed by atoms with Crippen LogP contribution in [0, 0.1) is 0 Å². The van der Waals surface area contributed by atoms with Crippen molar-refractivity contribution in [3.05, 3.63) is 51.5 Å². The molecule has 2 aromatic rings. The van der Waals surface area contributed by atoms with E-state index in [1.165, 1.54) is 4.88 Å². The number of thiazole rings is 1. The molecule has 0 aliphatic heterocycles. The maximum absolute atomic E-state index is 11.2. The smallest absolute Gasteiger partial charge is 0.248 e. The fraction of sp³-hybridized carbons (Fsp3) is 0.353. The summed E-state index contributed by atoms with van der Waals surface area (Å²) < 4.78 is 0. The van der Waals surface area contributed by atoms with E-state index < -0.39 is 5.91 Å². The van der Waals surface area contributed by atoms with E-state index in [0.29, 0.717) is 18.7 Å². The van der Waals surface area contributed by atoms with Gasteiger partial charge < -0.3 is 16.4 Å². The molecule has 0 spiro atoms. The molecule has 0 fully saturated rings. The minimum Gasteiger partial charge on any atom is -0.366 e. The Hall–Kier alpha value is -1.68. The van der Waals surface area contributed by atoms with Gasteiger partial charge in [0.25, 0.3) is 0 Å². The van der Waals surface area contributed by atoms with Crippen LogP contribution in [-0.4, -0.2) is 23.4 Å². The number of aliphatic imine (C=N–C) groups is 1. The zero-order valence-corrected chi connectivity index (χ0v) is 17.6. The van der Waals surface area contributed by atoms with E-state index in [4.69, 9.17) is 5.73 Å². The van der Waals surface area contributed by atoms with Crippen LogP contribution in [-0.2, 0) is 19.5 Å². The zero-order chi connectivity index (χ0) is 17.4. The van der Waals surface area contributed by atoms with E-state index in [2.05, 4.69) is 27.5 Å². The molecule has 1 aromatic carbocycles. The fourth-order valence-electron chi connectivity index (χ4n) is 2.09. The second-order valence-corrected chi connectivity index (χ2v) is 6.39. The molecule has 2 rings (SSSR count). The van der Waals surface area contributed by atoms with Gasteiger partial charge in [-0.1, -0.05) is 19.1 Å². The molecule has 0 bridgehead atoms. The van der Waals surface area contributed by atoms with E-state index in [0.717, 1.165) is 29.5 Å². The number of halogens is 1. The van der Waals surface area contributed by atoms with E-state index in [9.17, 15) is 4.79 Å². The standard InChI is InChI=1S/C17H23N5OS.HI/c1-3-14-10-20-15(24-14)11-22-17(19-4-2)21-9-12-6-5-7-13(8-12)16(18)23;/h5-8,10H,3-4,9,11H2,1-2H3,(H2,18,23)(H2,19,21,22);1H. The molecular weight excluding hydrogens is 449 g/mol. The van der Waals surface area contributed by atoms with E-state index in [1.54, 1.807) is 23.5 Å². The Balaban J connectivity index is 0.00000312. The molecule has 1 aromatic heterocycles. The molecule has 6 nitrogen and oxygen atoms in total. The number of nitrogens with zero attached hydrogens (tertiary/aromatic N) is 2. The van der Waals surface area contributed by atoms with Crippen LogP contribution in [0.15, 0.2) is 35.5 Å². The maximum Gasteiger partial charge on any atom is 0.248 e. The average Bonchev–Trinajstić information content (AvgIpc) is 3.05. The van der Waals surface area contributed by atoms with Crippen molar-refractivity contribution in [2.24, 2.45) is 10.7 Å². The van der Waals surface area contributed by atoms with Crippen molar-refractivity contribution in [2.75, 3.05) is 6.54 Å². The minimum absolute atomic E-state index is 0. The number of aromatic nitrogens is 1. The highest BCUT2D eigenvalue weighted by Gasteiger charge is 2.04. The summed E-state index contributed by atoms with van der Waals surface area (Å²) >= 11 is 1.70. The summed E-state index contributed by atoms with van der Waals surface area (Å²) in [6, 6.07) is 7.21. The van der Waals surface area contributed by atoms with Crippen LogP contribution in [0.3, 0.4) is 0 Å². The van der Waals surface area contributed by atoms with E-state index >= 15 is 0 Å². The van der Waals surface area contributed by atoms with Crippen LogP contribution in [0.4, 0.5) is 0 Å². The second-order valence-electron chi connectivity index (χ2n) is 5.19. The van der Waals surface area contributed by atoms with Gasteiger partial charge in [0.1, 0.15) is 5.01 Å². The SMILES string of the molecule is CCNC(=NCc1cccc(C(N)=O)c1)NCc1ncc(CC)s1.I. The quantitative estimate of drug-likeness (QED) is 0.328. The fourth-order valence-corrected chi connectivity index (χ4v) is 2.89. The van der Waals surface area contributed by atoms with Crippen molar-refractivity contribution in [3.63, 3.8) is 0 Å². The van der Waals surface area contributed by atoms with E-state index in [1.807, 2.05) is 25.3 Å². The Labute approximate surface area is 169 Å². The number of carbonyl (C=O) groups excluding carboxylic acids is 1. The Morgan fingerprint density at radius 3 is 2.76 bits per heavy atom. The number of aryl methyl sites for hydroxylation is 1. The van der Waals surface area contributed by atoms with Crippen molar-refractivity contribution in [2.45, 2.75) is 33.4 Å². The molecule has 0 aliphatic carbocycles. The van der Waals surface area contributed by atoms with Crippen LogP contribution in [0.1, 0.15) is 39.7 Å². The molecule has 136 valence electrons. The first-order valence-corrected chi connectivity index (χ1v) is 8.78. The molecule has 0 saturated carbocycles. The summed E-state index contributed by atoms with van der Waals surface area (Å²) in [7, 11) is 0. The van der Waals surface area contributed by atoms with Gasteiger partial charge in [0, 0.05) is 23.2 Å². The van der Waals surface area contributed by atoms with Crippen LogP contribution < -0.4 is 16.4 Å². The summed E-state index contributed by atoms with van der Waals surface area (Å²) in [6.45, 7) is 6.01. The number of primary amides is 1. The summed E-state index contributed by atoms with van der Waals surface area (Å²) in [4.78, 5) is 21.4. The van der Waals surface area contributed by atoms with Crippen molar-refractivity contribution >= 4 is 47.2 Å². The first kappa shape index (κ1) is 21.4. The van der Waals surface area contributed by atoms with E-state index in [-0.39, 0.29) is 24.0 Å². The van der Waals surface area contributed by atoms with Gasteiger partial charge in [-0.2, -0.15) is 0 Å². The number of amides is 1. The van der Waals surface area contributed by atoms with Gasteiger partial charge in [-0.05, 0) is 31.0 Å². The zero-order valence-electron chi connectivity index (χ0n) is 14.4. The van der Waals surface area contributed by atoms with Crippen molar-refractivity contribution in [3.8, 4) is 0 Å². The molecular formula is C17H24IN5OS. The summed E-state index contributed by atoms with van der Waals surface area (Å²) in [5.41, 5.74) is 6.74. The molecule has 0 saturated heterocycles. The lowest BCUT2D eigenvalue weighted by atomic mass is 10.1. The average molecular weight is 473 g/mol. The highest BCUT2D eigenvalue weighted by molar-refractivity contribution is 14.0. The number of rotatable bonds is 7. The van der Waals surface area contributed by atoms with Crippen molar-refractivity contribution in [1.29, 1.82) is 0 Å². The number of guanidine groups is 1. The highest BCUT2D eigenvalue weighted by Crippen LogP contribution is 2.12. The molecule has 0 radical (unpaired) electrons. The number of hydrogen-bond acceptors (Lipinski definition) is 4. The first-order chi connectivity index (χ1) is 11.6. The van der Waals surface area contributed by atoms with Crippen LogP contribution in [0.2, 0.25) is 0 Å². The van der Waals surface area contributed by atoms with Crippen LogP contribution in [0.25, 0.3) is 0 Å². The lowest BCUT2D eigenvalue weighted by Crippen LogP contribution is -2.36. The maximum atomic E-state index is 11.2. The van der Waals surface area contributed by atoms with Gasteiger partial charge in [-0.3, -0.25) is 4.79 Å². The van der Waals surface area contributed by atoms with Gasteiger partial charge in [0.2, 0.25) is 5.91 Å². The third-order valence-corrected chi connectivity index (χ3v) is 4.47. The predicted octanol–water partition coefficient (Wildman–Crippen LogP) is 2.68. The molecule has 25 heavy (non-hydrogen) atoms. The van der Waals surface area contributed by atoms with Crippen LogP contribution in [0.5, 0.6) is 0 Å². The monoisotopic (exact) mass is 473 g/mol. The third kappa shape index (κ3) is 6.99. The summed E-state index contributed by atoms with van der Waals surface area (Å²) in [6.07, 6.45) is 2.92. The molecule has 1 heterocycles. The Morgan fingerprint density at radius 2 is 2.12 bits per heavy atom. The lowest BCUT2D eigenvalue weighted by Gasteiger charge is -2.10. The lowest BCUT2D eigenvalue weighted by molar-refractivity contribution is 0.1000. The minimum atomic E-state index is -0.429. The number of benzene rings is 1. The second kappa shape index (κ2) is 11.0. The Kier molecular flexibility index (Phi) is 9.43. The molecule has 8 heteroatoms. The molecule has 4 N–H and O–H groups in total. The van der Waals surface area contributed by atoms with Gasteiger partial charge >= 0.3 is 0 Å². The summed E-state index contributed by atoms with van der Waals surface area (Å²) in [5, 5.41) is 7.52. The topological polar surface area (TPSA) is 92.4 Å². The largest absolute Gasteiger partial charge is 0.366 e. The molecule has 0 unspecified atom stereocenters. The number of nitrogens with one attached hydrogen (secondary N) is 2. The van der Waals surface area contributed by atoms with Gasteiger partial charge in [-0.25, -0.2) is 9.98 Å². The van der Waals surface area contributed by atoms with Crippen LogP contribution >= 0.6 is 35.3 Å². The Bertz CT molecular complexity index is 717. The first-order valence-electron chi connectivity index (χ1n) is 7.96. The van der Waals surface area contributed by atoms with Crippen molar-refractivity contribution < 1.29 is 4.79 Å². The number of carbonyl (C=O) groups is 1. The third-order valence-electron chi connectivity index (χ3n) is 3.33. The molecule has 0 atom stereocenters. The Morgan fingerprint density at radius 1 is 1.32 bits per heavy atom. The van der Waals surface area contributed by atoms with Gasteiger partial charge in [0.05, 0.1) is 13.1 Å². The molecule has 1 amide bonds. The summed E-state index contributed by atoms with van der Waals surface area (Å²) in [5.74, 6) is 0.289. The van der Waals surface area contributed by atoms with Gasteiger partial charge in [-0.15, -0.1) is 35.3 Å². The predicted molar refractivity (Wildman–Crippen MR) is 114 cm³/mol. The molecule has 0 aliphatic rings. The highest BCUT2D eigenvalue weighted by atomic mass is 127.